The molecule has 3 atom stereocenters. The van der Waals surface area contributed by atoms with Crippen LogP contribution in [0.15, 0.2) is 30.3 Å². The molecule has 2 aromatic rings. The summed E-state index contributed by atoms with van der Waals surface area (Å²) < 4.78 is 23.9. The van der Waals surface area contributed by atoms with E-state index in [1.165, 1.54) is 6.26 Å². The van der Waals surface area contributed by atoms with Crippen LogP contribution >= 0.6 is 0 Å². The molecule has 1 amide bonds. The minimum atomic E-state index is -3.06. The molecule has 6 nitrogen and oxygen atoms in total. The molecule has 0 unspecified atom stereocenters. The van der Waals surface area contributed by atoms with Crippen LogP contribution in [0.2, 0.25) is 0 Å². The number of nitrogens with zero attached hydrogens (tertiary/aromatic N) is 2. The van der Waals surface area contributed by atoms with Gasteiger partial charge >= 0.3 is 0 Å². The Hall–Kier alpha value is -2.15. The molecule has 1 N–H and O–H groups in total. The number of carbonyl (C=O) groups excluding carboxylic acids is 1. The quantitative estimate of drug-likeness (QED) is 0.754. The molecule has 1 aliphatic heterocycles. The van der Waals surface area contributed by atoms with Crippen LogP contribution in [0.5, 0.6) is 0 Å². The largest absolute Gasteiger partial charge is 0.356 e. The molecule has 32 heavy (non-hydrogen) atoms. The summed E-state index contributed by atoms with van der Waals surface area (Å²) in [5.74, 6) is 0.928. The number of carbonyl (C=O) groups is 1. The third-order valence-corrected chi connectivity index (χ3v) is 8.99. The topological polar surface area (TPSA) is 79.4 Å². The maximum absolute atomic E-state index is 13.2. The van der Waals surface area contributed by atoms with Crippen molar-refractivity contribution < 1.29 is 13.2 Å². The fraction of sp³-hybridized carbons (Fsp3) is 0.600. The molecule has 1 saturated heterocycles. The van der Waals surface area contributed by atoms with Crippen LogP contribution in [0.25, 0.3) is 10.9 Å². The maximum Gasteiger partial charge on any atom is 0.224 e. The molecule has 4 rings (SSSR count). The van der Waals surface area contributed by atoms with Gasteiger partial charge in [-0.1, -0.05) is 38.5 Å². The molecule has 0 bridgehead atoms. The van der Waals surface area contributed by atoms with Gasteiger partial charge in [0.1, 0.15) is 15.7 Å². The molecule has 1 saturated carbocycles. The molecule has 2 heterocycles. The third kappa shape index (κ3) is 4.77. The Labute approximate surface area is 191 Å². The van der Waals surface area contributed by atoms with E-state index in [0.29, 0.717) is 12.8 Å². The number of nitrogens with one attached hydrogen (secondary N) is 1. The predicted octanol–water partition coefficient (Wildman–Crippen LogP) is 3.87. The highest BCUT2D eigenvalue weighted by Crippen LogP contribution is 2.37. The zero-order chi connectivity index (χ0) is 23.1. The maximum atomic E-state index is 13.2. The minimum Gasteiger partial charge on any atom is -0.356 e. The van der Waals surface area contributed by atoms with Crippen molar-refractivity contribution in [1.29, 1.82) is 0 Å². The summed E-state index contributed by atoms with van der Waals surface area (Å²) in [5.41, 5.74) is 1.98. The van der Waals surface area contributed by atoms with Crippen molar-refractivity contribution in [2.24, 2.45) is 11.3 Å². The highest BCUT2D eigenvalue weighted by Gasteiger charge is 2.41. The number of fused-ring (bicyclic) bond motifs is 1. The van der Waals surface area contributed by atoms with E-state index in [4.69, 9.17) is 4.98 Å². The van der Waals surface area contributed by atoms with E-state index in [1.807, 2.05) is 0 Å². The Bertz CT molecular complexity index is 1110. The first-order valence-electron chi connectivity index (χ1n) is 11.7. The van der Waals surface area contributed by atoms with Crippen molar-refractivity contribution in [3.05, 3.63) is 35.9 Å². The van der Waals surface area contributed by atoms with Gasteiger partial charge < -0.3 is 10.2 Å². The van der Waals surface area contributed by atoms with Gasteiger partial charge in [-0.3, -0.25) is 4.79 Å². The summed E-state index contributed by atoms with van der Waals surface area (Å²) in [5, 5.41) is 4.00. The van der Waals surface area contributed by atoms with E-state index in [-0.39, 0.29) is 28.5 Å². The molecular formula is C25H35N3O3S. The van der Waals surface area contributed by atoms with E-state index in [2.05, 4.69) is 61.3 Å². The van der Waals surface area contributed by atoms with Gasteiger partial charge in [0.25, 0.3) is 0 Å². The molecule has 2 fully saturated rings. The lowest BCUT2D eigenvalue weighted by atomic mass is 9.73. The van der Waals surface area contributed by atoms with Gasteiger partial charge in [-0.25, -0.2) is 13.4 Å². The molecule has 1 aliphatic carbocycles. The van der Waals surface area contributed by atoms with Crippen LogP contribution in [0.1, 0.15) is 51.5 Å². The smallest absolute Gasteiger partial charge is 0.224 e. The first-order valence-corrected chi connectivity index (χ1v) is 13.6. The predicted molar refractivity (Wildman–Crippen MR) is 130 cm³/mol. The number of pyridine rings is 1. The standard InChI is InChI=1S/C25H35N3O3S/c1-17-7-5-8-18-11-12-22(27-23(17)18)28-14-13-21(25(2,3)16-28)24(29)26-19-9-6-10-20(15-19)32(4,30)31/h5,7-8,11-12,19-21H,6,9-10,13-16H2,1-4H3,(H,26,29)/t19-,20-,21+/m0/s1. The average Bonchev–Trinajstić information content (AvgIpc) is 2.72. The number of hydrogen-bond donors (Lipinski definition) is 1. The third-order valence-electron chi connectivity index (χ3n) is 7.36. The molecule has 0 spiro atoms. The van der Waals surface area contributed by atoms with E-state index in [0.717, 1.165) is 54.6 Å². The summed E-state index contributed by atoms with van der Waals surface area (Å²) in [4.78, 5) is 20.4. The van der Waals surface area contributed by atoms with E-state index in [1.54, 1.807) is 0 Å². The van der Waals surface area contributed by atoms with Crippen molar-refractivity contribution in [2.45, 2.75) is 64.2 Å². The van der Waals surface area contributed by atoms with Gasteiger partial charge in [-0.05, 0) is 55.7 Å². The number of anilines is 1. The van der Waals surface area contributed by atoms with Gasteiger partial charge in [0, 0.05) is 36.7 Å². The summed E-state index contributed by atoms with van der Waals surface area (Å²) in [6.07, 6.45) is 5.00. The number of piperidine rings is 1. The van der Waals surface area contributed by atoms with E-state index >= 15 is 0 Å². The molecule has 174 valence electrons. The van der Waals surface area contributed by atoms with Gasteiger partial charge in [0.05, 0.1) is 10.8 Å². The minimum absolute atomic E-state index is 0.0464. The molecule has 2 aliphatic rings. The molecule has 0 radical (unpaired) electrons. The summed E-state index contributed by atoms with van der Waals surface area (Å²) in [6.45, 7) is 7.92. The lowest BCUT2D eigenvalue weighted by Gasteiger charge is -2.44. The lowest BCUT2D eigenvalue weighted by Crippen LogP contribution is -2.53. The molecule has 1 aromatic heterocycles. The summed E-state index contributed by atoms with van der Waals surface area (Å²) >= 11 is 0. The number of aromatic nitrogens is 1. The van der Waals surface area contributed by atoms with Gasteiger partial charge in [0.2, 0.25) is 5.91 Å². The fourth-order valence-corrected chi connectivity index (χ4v) is 6.64. The second-order valence-electron chi connectivity index (χ2n) is 10.4. The van der Waals surface area contributed by atoms with Crippen LogP contribution in [0, 0.1) is 18.3 Å². The first-order chi connectivity index (χ1) is 15.0. The lowest BCUT2D eigenvalue weighted by molar-refractivity contribution is -0.130. The normalized spacial score (nSPS) is 26.1. The van der Waals surface area contributed by atoms with E-state index < -0.39 is 9.84 Å². The zero-order valence-corrected chi connectivity index (χ0v) is 20.4. The first kappa shape index (κ1) is 23.0. The van der Waals surface area contributed by atoms with Gasteiger partial charge in [-0.2, -0.15) is 0 Å². The average molecular weight is 458 g/mol. The number of hydrogen-bond acceptors (Lipinski definition) is 5. The zero-order valence-electron chi connectivity index (χ0n) is 19.6. The number of sulfone groups is 1. The second-order valence-corrected chi connectivity index (χ2v) is 12.7. The SMILES string of the molecule is Cc1cccc2ccc(N3CC[C@H](C(=O)N[C@H]4CCC[C@H](S(C)(=O)=O)C4)C(C)(C)C3)nc12. The molecule has 1 aromatic carbocycles. The van der Waals surface area contributed by atoms with Crippen LogP contribution in [0.4, 0.5) is 5.82 Å². The Morgan fingerprint density at radius 1 is 1.16 bits per heavy atom. The van der Waals surface area contributed by atoms with Crippen LogP contribution < -0.4 is 10.2 Å². The monoisotopic (exact) mass is 457 g/mol. The Morgan fingerprint density at radius 3 is 2.66 bits per heavy atom. The highest BCUT2D eigenvalue weighted by molar-refractivity contribution is 7.91. The van der Waals surface area contributed by atoms with Crippen molar-refractivity contribution in [3.63, 3.8) is 0 Å². The number of benzene rings is 1. The van der Waals surface area contributed by atoms with Gasteiger partial charge in [0.15, 0.2) is 0 Å². The number of aryl methyl sites for hydroxylation is 1. The summed E-state index contributed by atoms with van der Waals surface area (Å²) in [7, 11) is -3.06. The highest BCUT2D eigenvalue weighted by atomic mass is 32.2. The van der Waals surface area contributed by atoms with Crippen molar-refractivity contribution in [2.75, 3.05) is 24.2 Å². The second kappa shape index (κ2) is 8.65. The molecular weight excluding hydrogens is 422 g/mol. The Balaban J connectivity index is 1.44. The van der Waals surface area contributed by atoms with Crippen molar-refractivity contribution >= 4 is 32.5 Å². The van der Waals surface area contributed by atoms with Crippen LogP contribution in [0.3, 0.4) is 0 Å². The van der Waals surface area contributed by atoms with Crippen molar-refractivity contribution in [1.82, 2.24) is 10.3 Å². The summed E-state index contributed by atoms with van der Waals surface area (Å²) in [6, 6.07) is 10.4. The number of amides is 1. The van der Waals surface area contributed by atoms with E-state index in [9.17, 15) is 13.2 Å². The Kier molecular flexibility index (Phi) is 6.23. The number of para-hydroxylation sites is 1. The van der Waals surface area contributed by atoms with Crippen molar-refractivity contribution in [3.8, 4) is 0 Å². The number of rotatable bonds is 4. The Morgan fingerprint density at radius 2 is 1.94 bits per heavy atom. The molecule has 7 heteroatoms. The van der Waals surface area contributed by atoms with Gasteiger partial charge in [-0.15, -0.1) is 0 Å². The van der Waals surface area contributed by atoms with Crippen LogP contribution in [-0.4, -0.2) is 49.9 Å². The van der Waals surface area contributed by atoms with Crippen LogP contribution in [-0.2, 0) is 14.6 Å². The fourth-order valence-electron chi connectivity index (χ4n) is 5.47.